The highest BCUT2D eigenvalue weighted by atomic mass is 32.1. The number of hydrogen-bond donors (Lipinski definition) is 1. The Morgan fingerprint density at radius 3 is 3.16 bits per heavy atom. The first-order valence-electron chi connectivity index (χ1n) is 6.58. The van der Waals surface area contributed by atoms with Gasteiger partial charge in [0, 0.05) is 44.2 Å². The van der Waals surface area contributed by atoms with Gasteiger partial charge in [-0.1, -0.05) is 0 Å². The molecule has 106 valence electrons. The SMILES string of the molecule is CN=C(NCc1nc(C)cs1)N1CCC(COC)C1. The van der Waals surface area contributed by atoms with Crippen molar-refractivity contribution < 1.29 is 4.74 Å². The van der Waals surface area contributed by atoms with Crippen molar-refractivity contribution in [1.82, 2.24) is 15.2 Å². The van der Waals surface area contributed by atoms with E-state index in [4.69, 9.17) is 4.74 Å². The van der Waals surface area contributed by atoms with Gasteiger partial charge in [-0.15, -0.1) is 11.3 Å². The average Bonchev–Trinajstić information content (AvgIpc) is 3.01. The van der Waals surface area contributed by atoms with E-state index >= 15 is 0 Å². The summed E-state index contributed by atoms with van der Waals surface area (Å²) in [7, 11) is 3.60. The Hall–Kier alpha value is -1.14. The summed E-state index contributed by atoms with van der Waals surface area (Å²) in [5.41, 5.74) is 1.08. The fourth-order valence-corrected chi connectivity index (χ4v) is 3.08. The molecule has 0 spiro atoms. The molecule has 2 heterocycles. The molecule has 0 aliphatic carbocycles. The van der Waals surface area contributed by atoms with Crippen LogP contribution in [0.4, 0.5) is 0 Å². The summed E-state index contributed by atoms with van der Waals surface area (Å²) < 4.78 is 5.22. The molecule has 0 bridgehead atoms. The van der Waals surface area contributed by atoms with E-state index in [1.807, 2.05) is 14.0 Å². The number of likely N-dealkylation sites (tertiary alicyclic amines) is 1. The molecule has 5 nitrogen and oxygen atoms in total. The van der Waals surface area contributed by atoms with Gasteiger partial charge in [0.25, 0.3) is 0 Å². The highest BCUT2D eigenvalue weighted by molar-refractivity contribution is 7.09. The maximum absolute atomic E-state index is 5.22. The molecular formula is C13H22N4OS. The molecule has 19 heavy (non-hydrogen) atoms. The van der Waals surface area contributed by atoms with Crippen LogP contribution in [0.5, 0.6) is 0 Å². The van der Waals surface area contributed by atoms with Gasteiger partial charge in [-0.05, 0) is 13.3 Å². The van der Waals surface area contributed by atoms with Gasteiger partial charge in [0.05, 0.1) is 13.2 Å². The number of nitrogens with one attached hydrogen (secondary N) is 1. The molecule has 2 rings (SSSR count). The first-order valence-corrected chi connectivity index (χ1v) is 7.46. The predicted octanol–water partition coefficient (Wildman–Crippen LogP) is 1.50. The molecule has 1 aliphatic heterocycles. The zero-order valence-electron chi connectivity index (χ0n) is 11.8. The number of guanidine groups is 1. The Balaban J connectivity index is 1.84. The van der Waals surface area contributed by atoms with Crippen LogP contribution >= 0.6 is 11.3 Å². The normalized spacial score (nSPS) is 20.1. The largest absolute Gasteiger partial charge is 0.384 e. The Labute approximate surface area is 118 Å². The molecule has 0 amide bonds. The third-order valence-electron chi connectivity index (χ3n) is 3.26. The quantitative estimate of drug-likeness (QED) is 0.671. The summed E-state index contributed by atoms with van der Waals surface area (Å²) in [5, 5.41) is 6.56. The molecule has 0 saturated carbocycles. The van der Waals surface area contributed by atoms with Crippen LogP contribution < -0.4 is 5.32 Å². The highest BCUT2D eigenvalue weighted by Gasteiger charge is 2.24. The van der Waals surface area contributed by atoms with Crippen molar-refractivity contribution in [1.29, 1.82) is 0 Å². The second-order valence-corrected chi connectivity index (χ2v) is 5.78. The van der Waals surface area contributed by atoms with Gasteiger partial charge in [-0.3, -0.25) is 4.99 Å². The van der Waals surface area contributed by atoms with Crippen LogP contribution in [0.2, 0.25) is 0 Å². The molecule has 1 aromatic rings. The van der Waals surface area contributed by atoms with E-state index in [0.717, 1.165) is 42.9 Å². The van der Waals surface area contributed by atoms with Crippen LogP contribution in [0.3, 0.4) is 0 Å². The van der Waals surface area contributed by atoms with Crippen molar-refractivity contribution in [2.24, 2.45) is 10.9 Å². The van der Waals surface area contributed by atoms with E-state index in [1.54, 1.807) is 18.4 Å². The summed E-state index contributed by atoms with van der Waals surface area (Å²) in [6, 6.07) is 0. The molecular weight excluding hydrogens is 260 g/mol. The summed E-state index contributed by atoms with van der Waals surface area (Å²) >= 11 is 1.69. The lowest BCUT2D eigenvalue weighted by atomic mass is 10.1. The molecule has 1 fully saturated rings. The van der Waals surface area contributed by atoms with E-state index in [-0.39, 0.29) is 0 Å². The second kappa shape index (κ2) is 6.86. The standard InChI is InChI=1S/C13H22N4OS/c1-10-9-19-12(16-10)6-15-13(14-2)17-5-4-11(7-17)8-18-3/h9,11H,4-8H2,1-3H3,(H,14,15). The molecule has 1 saturated heterocycles. The van der Waals surface area contributed by atoms with Gasteiger partial charge in [-0.2, -0.15) is 0 Å². The van der Waals surface area contributed by atoms with E-state index in [1.165, 1.54) is 6.42 Å². The molecule has 1 atom stereocenters. The lowest BCUT2D eigenvalue weighted by Crippen LogP contribution is -2.39. The van der Waals surface area contributed by atoms with Crippen molar-refractivity contribution in [3.63, 3.8) is 0 Å². The average molecular weight is 282 g/mol. The number of rotatable bonds is 4. The Morgan fingerprint density at radius 2 is 2.53 bits per heavy atom. The maximum atomic E-state index is 5.22. The molecule has 1 unspecified atom stereocenters. The van der Waals surface area contributed by atoms with Gasteiger partial charge in [0.1, 0.15) is 5.01 Å². The van der Waals surface area contributed by atoms with Crippen LogP contribution in [0, 0.1) is 12.8 Å². The van der Waals surface area contributed by atoms with Gasteiger partial charge >= 0.3 is 0 Å². The molecule has 1 aromatic heterocycles. The fourth-order valence-electron chi connectivity index (χ4n) is 2.37. The topological polar surface area (TPSA) is 49.8 Å². The second-order valence-electron chi connectivity index (χ2n) is 4.84. The number of ether oxygens (including phenoxy) is 1. The smallest absolute Gasteiger partial charge is 0.194 e. The molecule has 6 heteroatoms. The van der Waals surface area contributed by atoms with Crippen molar-refractivity contribution in [2.75, 3.05) is 33.9 Å². The minimum absolute atomic E-state index is 0.616. The third-order valence-corrected chi connectivity index (χ3v) is 4.23. The predicted molar refractivity (Wildman–Crippen MR) is 78.6 cm³/mol. The van der Waals surface area contributed by atoms with Crippen molar-refractivity contribution >= 4 is 17.3 Å². The Kier molecular flexibility index (Phi) is 5.15. The van der Waals surface area contributed by atoms with Crippen molar-refractivity contribution in [3.05, 3.63) is 16.1 Å². The van der Waals surface area contributed by atoms with Gasteiger partial charge < -0.3 is 15.0 Å². The van der Waals surface area contributed by atoms with Crippen LogP contribution in [0.15, 0.2) is 10.4 Å². The minimum atomic E-state index is 0.616. The number of methoxy groups -OCH3 is 1. The molecule has 0 radical (unpaired) electrons. The molecule has 0 aromatic carbocycles. The number of aromatic nitrogens is 1. The summed E-state index contributed by atoms with van der Waals surface area (Å²) in [4.78, 5) is 11.1. The summed E-state index contributed by atoms with van der Waals surface area (Å²) in [5.74, 6) is 1.58. The summed E-state index contributed by atoms with van der Waals surface area (Å²) in [6.07, 6.45) is 1.17. The van der Waals surface area contributed by atoms with Gasteiger partial charge in [-0.25, -0.2) is 4.98 Å². The lowest BCUT2D eigenvalue weighted by Gasteiger charge is -2.21. The van der Waals surface area contributed by atoms with Crippen LogP contribution in [-0.2, 0) is 11.3 Å². The maximum Gasteiger partial charge on any atom is 0.194 e. The first-order chi connectivity index (χ1) is 9.22. The monoisotopic (exact) mass is 282 g/mol. The van der Waals surface area contributed by atoms with Gasteiger partial charge in [0.2, 0.25) is 0 Å². The summed E-state index contributed by atoms with van der Waals surface area (Å²) in [6.45, 7) is 5.66. The number of thiazole rings is 1. The zero-order valence-corrected chi connectivity index (χ0v) is 12.7. The van der Waals surface area contributed by atoms with E-state index in [2.05, 4.69) is 25.6 Å². The van der Waals surface area contributed by atoms with E-state index < -0.39 is 0 Å². The Morgan fingerprint density at radius 1 is 1.68 bits per heavy atom. The molecule has 1 aliphatic rings. The zero-order chi connectivity index (χ0) is 13.7. The van der Waals surface area contributed by atoms with Crippen molar-refractivity contribution in [3.8, 4) is 0 Å². The fraction of sp³-hybridized carbons (Fsp3) is 0.692. The van der Waals surface area contributed by atoms with Crippen LogP contribution in [0.1, 0.15) is 17.1 Å². The van der Waals surface area contributed by atoms with Crippen LogP contribution in [0.25, 0.3) is 0 Å². The molecule has 1 N–H and O–H groups in total. The first kappa shape index (κ1) is 14.3. The van der Waals surface area contributed by atoms with E-state index in [0.29, 0.717) is 5.92 Å². The highest BCUT2D eigenvalue weighted by Crippen LogP contribution is 2.16. The third kappa shape index (κ3) is 3.91. The van der Waals surface area contributed by atoms with Crippen LogP contribution in [-0.4, -0.2) is 49.7 Å². The Bertz CT molecular complexity index is 432. The number of hydrogen-bond acceptors (Lipinski definition) is 4. The van der Waals surface area contributed by atoms with Crippen molar-refractivity contribution in [2.45, 2.75) is 19.9 Å². The van der Waals surface area contributed by atoms with E-state index in [9.17, 15) is 0 Å². The lowest BCUT2D eigenvalue weighted by molar-refractivity contribution is 0.157. The number of aliphatic imine (C=N–C) groups is 1. The number of nitrogens with zero attached hydrogens (tertiary/aromatic N) is 3. The minimum Gasteiger partial charge on any atom is -0.384 e. The number of aryl methyl sites for hydroxylation is 1. The van der Waals surface area contributed by atoms with Gasteiger partial charge in [0.15, 0.2) is 5.96 Å².